The van der Waals surface area contributed by atoms with E-state index in [0.29, 0.717) is 26.4 Å². The predicted octanol–water partition coefficient (Wildman–Crippen LogP) is 6.43. The lowest BCUT2D eigenvalue weighted by atomic mass is 9.91. The summed E-state index contributed by atoms with van der Waals surface area (Å²) in [4.78, 5) is 0. The minimum Gasteiger partial charge on any atom is -0.467 e. The first-order chi connectivity index (χ1) is 17.0. The highest BCUT2D eigenvalue weighted by molar-refractivity contribution is 5.86. The van der Waals surface area contributed by atoms with E-state index in [1.165, 1.54) is 6.42 Å². The Morgan fingerprint density at radius 2 is 1.43 bits per heavy atom. The molecule has 0 aliphatic heterocycles. The second kappa shape index (κ2) is 16.3. The SMILES string of the molecule is C=C(C)c1ccc(C)cc1-c1c(OCOCCOC)cc(CCCCC)cc1OCOCCOC. The molecular formula is C29H42O6. The summed E-state index contributed by atoms with van der Waals surface area (Å²) in [6, 6.07) is 10.5. The van der Waals surface area contributed by atoms with Gasteiger partial charge in [-0.1, -0.05) is 55.7 Å². The average molecular weight is 487 g/mol. The molecule has 0 N–H and O–H groups in total. The topological polar surface area (TPSA) is 55.4 Å². The van der Waals surface area contributed by atoms with Crippen LogP contribution in [-0.4, -0.2) is 54.2 Å². The van der Waals surface area contributed by atoms with Crippen LogP contribution < -0.4 is 9.47 Å². The van der Waals surface area contributed by atoms with Gasteiger partial charge in [0.15, 0.2) is 13.6 Å². The van der Waals surface area contributed by atoms with Crippen molar-refractivity contribution in [3.05, 3.63) is 53.6 Å². The Morgan fingerprint density at radius 1 is 0.829 bits per heavy atom. The molecule has 0 bridgehead atoms. The van der Waals surface area contributed by atoms with E-state index in [1.807, 2.05) is 6.92 Å². The molecule has 0 spiro atoms. The van der Waals surface area contributed by atoms with E-state index in [-0.39, 0.29) is 13.6 Å². The van der Waals surface area contributed by atoms with Crippen molar-refractivity contribution in [1.82, 2.24) is 0 Å². The van der Waals surface area contributed by atoms with E-state index in [4.69, 9.17) is 28.4 Å². The molecule has 0 aliphatic rings. The van der Waals surface area contributed by atoms with Crippen LogP contribution in [0.1, 0.15) is 49.8 Å². The predicted molar refractivity (Wildman–Crippen MR) is 141 cm³/mol. The molecule has 0 fully saturated rings. The van der Waals surface area contributed by atoms with E-state index in [9.17, 15) is 0 Å². The standard InChI is InChI=1S/C29H42O6/c1-7-8-9-10-24-18-27(34-20-32-15-13-30-5)29(28(19-24)35-21-33-16-14-31-6)26-17-23(4)11-12-25(26)22(2)3/h11-12,17-19H,2,7-10,13-16,20-21H2,1,3-6H3. The summed E-state index contributed by atoms with van der Waals surface area (Å²) in [5.41, 5.74) is 6.20. The molecule has 0 amide bonds. The molecule has 0 unspecified atom stereocenters. The van der Waals surface area contributed by atoms with Crippen LogP contribution in [0, 0.1) is 6.92 Å². The molecule has 35 heavy (non-hydrogen) atoms. The first-order valence-electron chi connectivity index (χ1n) is 12.3. The zero-order valence-electron chi connectivity index (χ0n) is 22.1. The fraction of sp³-hybridized carbons (Fsp3) is 0.517. The maximum absolute atomic E-state index is 6.20. The summed E-state index contributed by atoms with van der Waals surface area (Å²) in [6.45, 7) is 12.7. The molecule has 2 aromatic rings. The lowest BCUT2D eigenvalue weighted by Gasteiger charge is -2.21. The van der Waals surface area contributed by atoms with Crippen molar-refractivity contribution < 1.29 is 28.4 Å². The van der Waals surface area contributed by atoms with Gasteiger partial charge in [-0.3, -0.25) is 0 Å². The molecule has 0 saturated heterocycles. The highest BCUT2D eigenvalue weighted by Gasteiger charge is 2.20. The molecule has 6 heteroatoms. The van der Waals surface area contributed by atoms with Gasteiger partial charge in [0.2, 0.25) is 0 Å². The highest BCUT2D eigenvalue weighted by atomic mass is 16.7. The minimum absolute atomic E-state index is 0.118. The summed E-state index contributed by atoms with van der Waals surface area (Å²) >= 11 is 0. The van der Waals surface area contributed by atoms with Crippen molar-refractivity contribution in [3.8, 4) is 22.6 Å². The summed E-state index contributed by atoms with van der Waals surface area (Å²) in [5.74, 6) is 1.44. The second-order valence-electron chi connectivity index (χ2n) is 8.58. The summed E-state index contributed by atoms with van der Waals surface area (Å²) in [5, 5.41) is 0. The van der Waals surface area contributed by atoms with Crippen LogP contribution in [0.4, 0.5) is 0 Å². The molecule has 6 nitrogen and oxygen atoms in total. The maximum Gasteiger partial charge on any atom is 0.189 e. The van der Waals surface area contributed by atoms with Crippen LogP contribution in [0.3, 0.4) is 0 Å². The van der Waals surface area contributed by atoms with Crippen molar-refractivity contribution >= 4 is 5.57 Å². The largest absolute Gasteiger partial charge is 0.467 e. The van der Waals surface area contributed by atoms with Gasteiger partial charge in [0.1, 0.15) is 11.5 Å². The quantitative estimate of drug-likeness (QED) is 0.179. The fourth-order valence-electron chi connectivity index (χ4n) is 3.71. The van der Waals surface area contributed by atoms with Crippen LogP contribution in [0.25, 0.3) is 16.7 Å². The number of unbranched alkanes of at least 4 members (excludes halogenated alkanes) is 2. The smallest absolute Gasteiger partial charge is 0.189 e. The Kier molecular flexibility index (Phi) is 13.5. The van der Waals surface area contributed by atoms with Crippen molar-refractivity contribution in [3.63, 3.8) is 0 Å². The normalized spacial score (nSPS) is 11.0. The van der Waals surface area contributed by atoms with Crippen molar-refractivity contribution in [2.45, 2.75) is 46.5 Å². The van der Waals surface area contributed by atoms with Gasteiger partial charge in [-0.25, -0.2) is 0 Å². The monoisotopic (exact) mass is 486 g/mol. The average Bonchev–Trinajstić information content (AvgIpc) is 2.83. The lowest BCUT2D eigenvalue weighted by molar-refractivity contribution is -0.0112. The summed E-state index contributed by atoms with van der Waals surface area (Å²) in [6.07, 6.45) is 4.38. The molecule has 0 atom stereocenters. The lowest BCUT2D eigenvalue weighted by Crippen LogP contribution is -2.11. The Morgan fingerprint density at radius 3 is 1.94 bits per heavy atom. The first-order valence-corrected chi connectivity index (χ1v) is 12.3. The number of rotatable bonds is 18. The number of methoxy groups -OCH3 is 2. The van der Waals surface area contributed by atoms with Crippen LogP contribution in [0.5, 0.6) is 11.5 Å². The van der Waals surface area contributed by atoms with E-state index in [1.54, 1.807) is 14.2 Å². The summed E-state index contributed by atoms with van der Waals surface area (Å²) < 4.78 is 33.8. The van der Waals surface area contributed by atoms with Crippen molar-refractivity contribution in [2.75, 3.05) is 54.2 Å². The Hall–Kier alpha value is -2.38. The first kappa shape index (κ1) is 28.9. The van der Waals surface area contributed by atoms with Crippen molar-refractivity contribution in [2.24, 2.45) is 0 Å². The van der Waals surface area contributed by atoms with E-state index in [2.05, 4.69) is 50.8 Å². The van der Waals surface area contributed by atoms with Gasteiger partial charge in [-0.2, -0.15) is 0 Å². The van der Waals surface area contributed by atoms with E-state index in [0.717, 1.165) is 64.2 Å². The number of hydrogen-bond donors (Lipinski definition) is 0. The van der Waals surface area contributed by atoms with Gasteiger partial charge in [-0.05, 0) is 55.5 Å². The van der Waals surface area contributed by atoms with E-state index >= 15 is 0 Å². The van der Waals surface area contributed by atoms with Crippen LogP contribution in [0.15, 0.2) is 36.9 Å². The third kappa shape index (κ3) is 9.65. The van der Waals surface area contributed by atoms with Gasteiger partial charge in [-0.15, -0.1) is 0 Å². The molecule has 0 aromatic heterocycles. The molecular weight excluding hydrogens is 444 g/mol. The Bertz CT molecular complexity index is 873. The van der Waals surface area contributed by atoms with E-state index < -0.39 is 0 Å². The van der Waals surface area contributed by atoms with Gasteiger partial charge < -0.3 is 28.4 Å². The van der Waals surface area contributed by atoms with Gasteiger partial charge in [0.25, 0.3) is 0 Å². The third-order valence-electron chi connectivity index (χ3n) is 5.56. The zero-order valence-corrected chi connectivity index (χ0v) is 22.1. The number of hydrogen-bond acceptors (Lipinski definition) is 6. The Labute approximate surface area is 211 Å². The number of benzene rings is 2. The third-order valence-corrected chi connectivity index (χ3v) is 5.56. The minimum atomic E-state index is 0.118. The number of allylic oxidation sites excluding steroid dienone is 1. The summed E-state index contributed by atoms with van der Waals surface area (Å²) in [7, 11) is 3.30. The van der Waals surface area contributed by atoms with Gasteiger partial charge in [0, 0.05) is 14.2 Å². The van der Waals surface area contributed by atoms with Crippen LogP contribution in [0.2, 0.25) is 0 Å². The fourth-order valence-corrected chi connectivity index (χ4v) is 3.71. The molecule has 0 aliphatic carbocycles. The number of aryl methyl sites for hydroxylation is 2. The van der Waals surface area contributed by atoms with Gasteiger partial charge >= 0.3 is 0 Å². The molecule has 0 saturated carbocycles. The maximum atomic E-state index is 6.20. The Balaban J connectivity index is 2.51. The number of ether oxygens (including phenoxy) is 6. The van der Waals surface area contributed by atoms with Gasteiger partial charge in [0.05, 0.1) is 32.0 Å². The van der Waals surface area contributed by atoms with Crippen LogP contribution >= 0.6 is 0 Å². The zero-order chi connectivity index (χ0) is 25.5. The molecule has 194 valence electrons. The highest BCUT2D eigenvalue weighted by Crippen LogP contribution is 2.43. The molecule has 0 radical (unpaired) electrons. The molecule has 0 heterocycles. The molecule has 2 rings (SSSR count). The van der Waals surface area contributed by atoms with Crippen molar-refractivity contribution in [1.29, 1.82) is 0 Å². The second-order valence-corrected chi connectivity index (χ2v) is 8.58. The molecule has 2 aromatic carbocycles. The van der Waals surface area contributed by atoms with Crippen LogP contribution in [-0.2, 0) is 25.4 Å².